The Morgan fingerprint density at radius 3 is 2.56 bits per heavy atom. The third-order valence-electron chi connectivity index (χ3n) is 3.42. The van der Waals surface area contributed by atoms with Gasteiger partial charge >= 0.3 is 5.97 Å². The van der Waals surface area contributed by atoms with Crippen LogP contribution in [0.1, 0.15) is 32.1 Å². The highest BCUT2D eigenvalue weighted by Gasteiger charge is 2.15. The Balaban J connectivity index is 2.13. The monoisotopic (exact) mass is 254 g/mol. The molecule has 1 saturated heterocycles. The van der Waals surface area contributed by atoms with Gasteiger partial charge in [0.25, 0.3) is 0 Å². The molecule has 1 heterocycles. The van der Waals surface area contributed by atoms with Crippen LogP contribution in [-0.2, 0) is 4.79 Å². The third-order valence-corrected chi connectivity index (χ3v) is 3.42. The van der Waals surface area contributed by atoms with Crippen molar-refractivity contribution >= 4 is 5.97 Å². The van der Waals surface area contributed by atoms with E-state index in [1.807, 2.05) is 11.0 Å². The number of carbonyl (C=O) groups is 1. The van der Waals surface area contributed by atoms with Crippen LogP contribution in [0.4, 0.5) is 0 Å². The number of hydrogen-bond acceptors (Lipinski definition) is 3. The normalized spacial score (nSPS) is 18.4. The first-order valence-corrected chi connectivity index (χ1v) is 7.00. The van der Waals surface area contributed by atoms with Gasteiger partial charge in [-0.3, -0.25) is 9.69 Å². The minimum atomic E-state index is -0.715. The molecule has 0 bridgehead atoms. The van der Waals surface area contributed by atoms with Crippen LogP contribution in [0.2, 0.25) is 0 Å². The molecule has 0 saturated carbocycles. The first kappa shape index (κ1) is 15.2. The lowest BCUT2D eigenvalue weighted by molar-refractivity contribution is -0.138. The number of rotatable bonds is 8. The Morgan fingerprint density at radius 1 is 1.11 bits per heavy atom. The number of hydrogen-bond donors (Lipinski definition) is 1. The van der Waals surface area contributed by atoms with Crippen molar-refractivity contribution in [2.75, 3.05) is 39.3 Å². The van der Waals surface area contributed by atoms with E-state index in [2.05, 4.69) is 11.5 Å². The van der Waals surface area contributed by atoms with Crippen LogP contribution in [0.25, 0.3) is 0 Å². The van der Waals surface area contributed by atoms with E-state index in [1.165, 1.54) is 19.3 Å². The standard InChI is InChI=1S/C14H26N2O2/c1-2-3-4-5-6-8-15-9-7-10-16(12-11-15)13-14(17)18/h2H,1,3-13H2,(H,17,18). The fourth-order valence-electron chi connectivity index (χ4n) is 2.40. The van der Waals surface area contributed by atoms with Crippen molar-refractivity contribution in [3.8, 4) is 0 Å². The molecule has 1 N–H and O–H groups in total. The van der Waals surface area contributed by atoms with Crippen LogP contribution in [0.15, 0.2) is 12.7 Å². The van der Waals surface area contributed by atoms with E-state index in [9.17, 15) is 4.79 Å². The molecule has 0 unspecified atom stereocenters. The van der Waals surface area contributed by atoms with Crippen molar-refractivity contribution in [1.29, 1.82) is 0 Å². The molecule has 0 aromatic heterocycles. The quantitative estimate of drug-likeness (QED) is 0.530. The van der Waals surface area contributed by atoms with E-state index >= 15 is 0 Å². The molecule has 1 aliphatic rings. The van der Waals surface area contributed by atoms with Gasteiger partial charge in [-0.05, 0) is 38.8 Å². The van der Waals surface area contributed by atoms with E-state index in [-0.39, 0.29) is 6.54 Å². The third kappa shape index (κ3) is 6.77. The van der Waals surface area contributed by atoms with Gasteiger partial charge in [0, 0.05) is 19.6 Å². The van der Waals surface area contributed by atoms with Crippen molar-refractivity contribution < 1.29 is 9.90 Å². The zero-order valence-corrected chi connectivity index (χ0v) is 11.3. The van der Waals surface area contributed by atoms with Crippen LogP contribution < -0.4 is 0 Å². The van der Waals surface area contributed by atoms with Gasteiger partial charge in [-0.15, -0.1) is 6.58 Å². The van der Waals surface area contributed by atoms with Crippen LogP contribution >= 0.6 is 0 Å². The summed E-state index contributed by atoms with van der Waals surface area (Å²) in [6, 6.07) is 0. The maximum absolute atomic E-state index is 10.7. The number of carboxylic acid groups (broad SMARTS) is 1. The Hall–Kier alpha value is -0.870. The summed E-state index contributed by atoms with van der Waals surface area (Å²) in [4.78, 5) is 15.2. The molecule has 0 aromatic rings. The Labute approximate surface area is 110 Å². The largest absolute Gasteiger partial charge is 0.480 e. The van der Waals surface area contributed by atoms with Crippen molar-refractivity contribution in [2.45, 2.75) is 32.1 Å². The van der Waals surface area contributed by atoms with Crippen molar-refractivity contribution in [3.05, 3.63) is 12.7 Å². The van der Waals surface area contributed by atoms with Gasteiger partial charge in [0.2, 0.25) is 0 Å². The molecule has 18 heavy (non-hydrogen) atoms. The van der Waals surface area contributed by atoms with Crippen LogP contribution in [0.3, 0.4) is 0 Å². The molecule has 104 valence electrons. The number of nitrogens with zero attached hydrogens (tertiary/aromatic N) is 2. The first-order valence-electron chi connectivity index (χ1n) is 7.00. The summed E-state index contributed by atoms with van der Waals surface area (Å²) in [6.07, 6.45) is 7.93. The van der Waals surface area contributed by atoms with E-state index in [4.69, 9.17) is 5.11 Å². The van der Waals surface area contributed by atoms with Crippen LogP contribution in [0.5, 0.6) is 0 Å². The van der Waals surface area contributed by atoms with Gasteiger partial charge in [0.05, 0.1) is 6.54 Å². The lowest BCUT2D eigenvalue weighted by Crippen LogP contribution is -2.34. The summed E-state index contributed by atoms with van der Waals surface area (Å²) in [7, 11) is 0. The minimum Gasteiger partial charge on any atom is -0.480 e. The summed E-state index contributed by atoms with van der Waals surface area (Å²) >= 11 is 0. The predicted molar refractivity (Wildman–Crippen MR) is 73.8 cm³/mol. The maximum Gasteiger partial charge on any atom is 0.317 e. The smallest absolute Gasteiger partial charge is 0.317 e. The molecule has 4 heteroatoms. The summed E-state index contributed by atoms with van der Waals surface area (Å²) in [5.41, 5.74) is 0. The van der Waals surface area contributed by atoms with Crippen LogP contribution in [0, 0.1) is 0 Å². The molecule has 0 atom stereocenters. The fraction of sp³-hybridized carbons (Fsp3) is 0.786. The van der Waals surface area contributed by atoms with Crippen molar-refractivity contribution in [3.63, 3.8) is 0 Å². The van der Waals surface area contributed by atoms with Gasteiger partial charge in [-0.25, -0.2) is 0 Å². The number of aliphatic carboxylic acids is 1. The lowest BCUT2D eigenvalue weighted by atomic mass is 10.2. The summed E-state index contributed by atoms with van der Waals surface area (Å²) in [6.45, 7) is 8.99. The lowest BCUT2D eigenvalue weighted by Gasteiger charge is -2.20. The number of unbranched alkanes of at least 4 members (excludes halogenated alkanes) is 3. The second kappa shape index (κ2) is 9.11. The molecule has 0 spiro atoms. The molecule has 0 radical (unpaired) electrons. The fourth-order valence-corrected chi connectivity index (χ4v) is 2.40. The second-order valence-corrected chi connectivity index (χ2v) is 5.00. The van der Waals surface area contributed by atoms with E-state index in [1.54, 1.807) is 0 Å². The summed E-state index contributed by atoms with van der Waals surface area (Å²) in [5, 5.41) is 8.78. The summed E-state index contributed by atoms with van der Waals surface area (Å²) < 4.78 is 0. The highest BCUT2D eigenvalue weighted by atomic mass is 16.4. The van der Waals surface area contributed by atoms with E-state index < -0.39 is 5.97 Å². The molecule has 1 rings (SSSR count). The average molecular weight is 254 g/mol. The zero-order valence-electron chi connectivity index (χ0n) is 11.3. The minimum absolute atomic E-state index is 0.188. The predicted octanol–water partition coefficient (Wildman–Crippen LogP) is 1.83. The highest BCUT2D eigenvalue weighted by molar-refractivity contribution is 5.69. The molecular weight excluding hydrogens is 228 g/mol. The number of allylic oxidation sites excluding steroid dienone is 1. The molecule has 0 aliphatic carbocycles. The van der Waals surface area contributed by atoms with Gasteiger partial charge < -0.3 is 10.0 Å². The number of carboxylic acids is 1. The van der Waals surface area contributed by atoms with E-state index in [0.29, 0.717) is 0 Å². The van der Waals surface area contributed by atoms with E-state index in [0.717, 1.165) is 45.6 Å². The van der Waals surface area contributed by atoms with Gasteiger partial charge in [0.1, 0.15) is 0 Å². The zero-order chi connectivity index (χ0) is 13.2. The molecule has 4 nitrogen and oxygen atoms in total. The molecule has 1 aliphatic heterocycles. The maximum atomic E-state index is 10.7. The Morgan fingerprint density at radius 2 is 1.83 bits per heavy atom. The summed E-state index contributed by atoms with van der Waals surface area (Å²) in [5.74, 6) is -0.715. The Kier molecular flexibility index (Phi) is 7.69. The average Bonchev–Trinajstić information content (AvgIpc) is 2.54. The SMILES string of the molecule is C=CCCCCCN1CCCN(CC(=O)O)CC1. The molecule has 1 fully saturated rings. The topological polar surface area (TPSA) is 43.8 Å². The van der Waals surface area contributed by atoms with Gasteiger partial charge in [0.15, 0.2) is 0 Å². The second-order valence-electron chi connectivity index (χ2n) is 5.00. The van der Waals surface area contributed by atoms with Crippen LogP contribution in [-0.4, -0.2) is 60.1 Å². The van der Waals surface area contributed by atoms with Crippen molar-refractivity contribution in [1.82, 2.24) is 9.80 Å². The molecule has 0 amide bonds. The highest BCUT2D eigenvalue weighted by Crippen LogP contribution is 2.06. The van der Waals surface area contributed by atoms with Gasteiger partial charge in [-0.1, -0.05) is 12.5 Å². The Bertz CT molecular complexity index is 256. The first-order chi connectivity index (χ1) is 8.72. The molecule has 0 aromatic carbocycles. The molecular formula is C14H26N2O2. The van der Waals surface area contributed by atoms with Gasteiger partial charge in [-0.2, -0.15) is 0 Å². The van der Waals surface area contributed by atoms with Crippen molar-refractivity contribution in [2.24, 2.45) is 0 Å².